The summed E-state index contributed by atoms with van der Waals surface area (Å²) in [4.78, 5) is 40.6. The fourth-order valence-corrected chi connectivity index (χ4v) is 4.02. The Morgan fingerprint density at radius 2 is 1.85 bits per heavy atom. The zero-order valence-corrected chi connectivity index (χ0v) is 19.2. The monoisotopic (exact) mass is 446 g/mol. The number of H-pyrrole nitrogens is 1. The third kappa shape index (κ3) is 5.64. The Morgan fingerprint density at radius 3 is 2.55 bits per heavy atom. The van der Waals surface area contributed by atoms with Crippen LogP contribution in [0.4, 0.5) is 11.5 Å². The molecule has 1 aromatic carbocycles. The van der Waals surface area contributed by atoms with E-state index in [-0.39, 0.29) is 11.5 Å². The van der Waals surface area contributed by atoms with Gasteiger partial charge in [-0.2, -0.15) is 0 Å². The van der Waals surface area contributed by atoms with Crippen molar-refractivity contribution in [1.82, 2.24) is 19.9 Å². The Hall–Kier alpha value is -3.52. The van der Waals surface area contributed by atoms with Crippen LogP contribution in [0.1, 0.15) is 25.1 Å². The van der Waals surface area contributed by atoms with Crippen LogP contribution in [0.25, 0.3) is 11.4 Å². The van der Waals surface area contributed by atoms with Crippen molar-refractivity contribution in [3.8, 4) is 11.4 Å². The quantitative estimate of drug-likeness (QED) is 0.580. The van der Waals surface area contributed by atoms with Gasteiger partial charge in [-0.25, -0.2) is 9.97 Å². The SMILES string of the molecule is CCc1cc(=O)[nH]c(-c2ccc(N3CCN(CC(=O)Nc4ccccc4CC)CC3)nc2)n1. The molecule has 3 aromatic rings. The Labute approximate surface area is 193 Å². The summed E-state index contributed by atoms with van der Waals surface area (Å²) < 4.78 is 0. The number of anilines is 2. The van der Waals surface area contributed by atoms with E-state index in [1.54, 1.807) is 6.20 Å². The first kappa shape index (κ1) is 22.7. The first-order chi connectivity index (χ1) is 16.1. The lowest BCUT2D eigenvalue weighted by atomic mass is 10.1. The molecule has 2 N–H and O–H groups in total. The number of aromatic nitrogens is 3. The van der Waals surface area contributed by atoms with E-state index >= 15 is 0 Å². The molecule has 1 aliphatic heterocycles. The topological polar surface area (TPSA) is 94.2 Å². The highest BCUT2D eigenvalue weighted by Crippen LogP contribution is 2.19. The molecule has 0 aliphatic carbocycles. The molecule has 0 spiro atoms. The number of aryl methyl sites for hydroxylation is 2. The molecule has 0 atom stereocenters. The first-order valence-electron chi connectivity index (χ1n) is 11.5. The second-order valence-electron chi connectivity index (χ2n) is 8.17. The van der Waals surface area contributed by atoms with E-state index in [1.165, 1.54) is 6.07 Å². The van der Waals surface area contributed by atoms with Crippen LogP contribution in [0.15, 0.2) is 53.5 Å². The summed E-state index contributed by atoms with van der Waals surface area (Å²) in [5.74, 6) is 1.44. The number of nitrogens with one attached hydrogen (secondary N) is 2. The number of benzene rings is 1. The molecular weight excluding hydrogens is 416 g/mol. The van der Waals surface area contributed by atoms with Gasteiger partial charge in [-0.15, -0.1) is 0 Å². The Kier molecular flexibility index (Phi) is 7.14. The summed E-state index contributed by atoms with van der Waals surface area (Å²) in [6.45, 7) is 7.62. The molecule has 0 bridgehead atoms. The van der Waals surface area contributed by atoms with Gasteiger partial charge in [-0.05, 0) is 36.6 Å². The molecule has 33 heavy (non-hydrogen) atoms. The minimum absolute atomic E-state index is 0.0163. The van der Waals surface area contributed by atoms with Crippen LogP contribution in [-0.2, 0) is 17.6 Å². The standard InChI is InChI=1S/C25H30N6O2/c1-3-18-7-5-6-8-21(18)28-24(33)17-30-11-13-31(14-12-30)22-10-9-19(16-26-22)25-27-20(4-2)15-23(32)29-25/h5-10,15-16H,3-4,11-14,17H2,1-2H3,(H,28,33)(H,27,29,32). The highest BCUT2D eigenvalue weighted by Gasteiger charge is 2.20. The number of para-hydroxylation sites is 1. The van der Waals surface area contributed by atoms with Crippen molar-refractivity contribution in [2.75, 3.05) is 42.9 Å². The molecule has 1 amide bonds. The van der Waals surface area contributed by atoms with Crippen LogP contribution in [0.3, 0.4) is 0 Å². The summed E-state index contributed by atoms with van der Waals surface area (Å²) in [5, 5.41) is 3.05. The molecule has 0 saturated carbocycles. The number of hydrogen-bond donors (Lipinski definition) is 2. The van der Waals surface area contributed by atoms with E-state index in [4.69, 9.17) is 0 Å². The van der Waals surface area contributed by atoms with Crippen molar-refractivity contribution in [2.24, 2.45) is 0 Å². The highest BCUT2D eigenvalue weighted by molar-refractivity contribution is 5.93. The second-order valence-corrected chi connectivity index (χ2v) is 8.17. The van der Waals surface area contributed by atoms with Gasteiger partial charge >= 0.3 is 0 Å². The maximum atomic E-state index is 12.5. The van der Waals surface area contributed by atoms with Crippen LogP contribution in [0.5, 0.6) is 0 Å². The maximum absolute atomic E-state index is 12.5. The average Bonchev–Trinajstić information content (AvgIpc) is 2.84. The summed E-state index contributed by atoms with van der Waals surface area (Å²) in [5.41, 5.74) is 3.43. The lowest BCUT2D eigenvalue weighted by Crippen LogP contribution is -2.48. The van der Waals surface area contributed by atoms with E-state index < -0.39 is 0 Å². The third-order valence-electron chi connectivity index (χ3n) is 5.91. The molecule has 3 heterocycles. The number of aromatic amines is 1. The van der Waals surface area contributed by atoms with E-state index in [0.717, 1.165) is 60.9 Å². The normalized spacial score (nSPS) is 14.3. The van der Waals surface area contributed by atoms with E-state index in [2.05, 4.69) is 37.0 Å². The summed E-state index contributed by atoms with van der Waals surface area (Å²) in [6.07, 6.45) is 3.34. The fraction of sp³-hybridized carbons (Fsp3) is 0.360. The number of carbonyl (C=O) groups excluding carboxylic acids is 1. The average molecular weight is 447 g/mol. The molecule has 2 aromatic heterocycles. The Bertz CT molecular complexity index is 1150. The van der Waals surface area contributed by atoms with Crippen molar-refractivity contribution in [3.63, 3.8) is 0 Å². The molecule has 0 unspecified atom stereocenters. The van der Waals surface area contributed by atoms with E-state index in [9.17, 15) is 9.59 Å². The van der Waals surface area contributed by atoms with Gasteiger partial charge in [0, 0.05) is 55.4 Å². The number of carbonyl (C=O) groups is 1. The lowest BCUT2D eigenvalue weighted by Gasteiger charge is -2.35. The van der Waals surface area contributed by atoms with Gasteiger partial charge in [0.1, 0.15) is 11.6 Å². The summed E-state index contributed by atoms with van der Waals surface area (Å²) in [6, 6.07) is 13.3. The largest absolute Gasteiger partial charge is 0.354 e. The zero-order chi connectivity index (χ0) is 23.2. The number of pyridine rings is 1. The lowest BCUT2D eigenvalue weighted by molar-refractivity contribution is -0.117. The number of hydrogen-bond acceptors (Lipinski definition) is 6. The van der Waals surface area contributed by atoms with Crippen LogP contribution in [0, 0.1) is 0 Å². The minimum Gasteiger partial charge on any atom is -0.354 e. The van der Waals surface area contributed by atoms with Gasteiger partial charge in [0.25, 0.3) is 5.56 Å². The van der Waals surface area contributed by atoms with Gasteiger partial charge in [-0.3, -0.25) is 14.5 Å². The Balaban J connectivity index is 1.32. The second kappa shape index (κ2) is 10.4. The fourth-order valence-electron chi connectivity index (χ4n) is 4.02. The third-order valence-corrected chi connectivity index (χ3v) is 5.91. The highest BCUT2D eigenvalue weighted by atomic mass is 16.2. The van der Waals surface area contributed by atoms with Crippen molar-refractivity contribution in [3.05, 3.63) is 70.3 Å². The van der Waals surface area contributed by atoms with Crippen LogP contribution < -0.4 is 15.8 Å². The van der Waals surface area contributed by atoms with Gasteiger partial charge in [-0.1, -0.05) is 32.0 Å². The summed E-state index contributed by atoms with van der Waals surface area (Å²) in [7, 11) is 0. The Morgan fingerprint density at radius 1 is 1.06 bits per heavy atom. The van der Waals surface area contributed by atoms with E-state index in [1.807, 2.05) is 43.3 Å². The molecule has 8 nitrogen and oxygen atoms in total. The molecule has 8 heteroatoms. The van der Waals surface area contributed by atoms with Crippen molar-refractivity contribution in [2.45, 2.75) is 26.7 Å². The molecular formula is C25H30N6O2. The van der Waals surface area contributed by atoms with Crippen LogP contribution in [0.2, 0.25) is 0 Å². The molecule has 1 saturated heterocycles. The maximum Gasteiger partial charge on any atom is 0.251 e. The predicted octanol–water partition coefficient (Wildman–Crippen LogP) is 2.72. The number of piperazine rings is 1. The summed E-state index contributed by atoms with van der Waals surface area (Å²) >= 11 is 0. The van der Waals surface area contributed by atoms with E-state index in [0.29, 0.717) is 18.8 Å². The predicted molar refractivity (Wildman–Crippen MR) is 131 cm³/mol. The number of rotatable bonds is 7. The molecule has 4 rings (SSSR count). The molecule has 0 radical (unpaired) electrons. The zero-order valence-electron chi connectivity index (χ0n) is 19.2. The van der Waals surface area contributed by atoms with Crippen LogP contribution in [-0.4, -0.2) is 58.5 Å². The molecule has 1 aliphatic rings. The van der Waals surface area contributed by atoms with Crippen molar-refractivity contribution >= 4 is 17.4 Å². The van der Waals surface area contributed by atoms with Gasteiger partial charge in [0.15, 0.2) is 0 Å². The van der Waals surface area contributed by atoms with Crippen molar-refractivity contribution in [1.29, 1.82) is 0 Å². The number of nitrogens with zero attached hydrogens (tertiary/aromatic N) is 4. The van der Waals surface area contributed by atoms with Gasteiger partial charge in [0.05, 0.1) is 6.54 Å². The molecule has 172 valence electrons. The minimum atomic E-state index is -0.153. The van der Waals surface area contributed by atoms with Crippen molar-refractivity contribution < 1.29 is 4.79 Å². The smallest absolute Gasteiger partial charge is 0.251 e. The molecule has 1 fully saturated rings. The number of amides is 1. The first-order valence-corrected chi connectivity index (χ1v) is 11.5. The van der Waals surface area contributed by atoms with Crippen LogP contribution >= 0.6 is 0 Å². The van der Waals surface area contributed by atoms with Gasteiger partial charge < -0.3 is 15.2 Å². The van der Waals surface area contributed by atoms with Gasteiger partial charge in [0.2, 0.25) is 5.91 Å².